The zero-order valence-electron chi connectivity index (χ0n) is 10.4. The maximum Gasteiger partial charge on any atom is 0.326 e. The molecule has 0 spiro atoms. The first kappa shape index (κ1) is 13.7. The van der Waals surface area contributed by atoms with Gasteiger partial charge in [-0.15, -0.1) is 11.3 Å². The Morgan fingerprint density at radius 3 is 2.74 bits per heavy atom. The molecular weight excluding hydrogens is 264 g/mol. The van der Waals surface area contributed by atoms with Crippen LogP contribution in [-0.4, -0.2) is 23.2 Å². The minimum absolute atomic E-state index is 0.383. The van der Waals surface area contributed by atoms with Crippen molar-refractivity contribution in [1.29, 1.82) is 0 Å². The van der Waals surface area contributed by atoms with Gasteiger partial charge in [-0.3, -0.25) is 4.79 Å². The number of aromatic nitrogens is 1. The van der Waals surface area contributed by atoms with Crippen LogP contribution in [0.3, 0.4) is 0 Å². The second-order valence-corrected chi connectivity index (χ2v) is 4.88. The first-order valence-electron chi connectivity index (χ1n) is 5.64. The smallest absolute Gasteiger partial charge is 0.326 e. The van der Waals surface area contributed by atoms with Gasteiger partial charge in [0, 0.05) is 18.1 Å². The van der Waals surface area contributed by atoms with E-state index >= 15 is 0 Å². The van der Waals surface area contributed by atoms with Gasteiger partial charge in [-0.1, -0.05) is 24.3 Å². The number of carboxylic acids is 1. The molecule has 0 aliphatic rings. The number of nitrogens with zero attached hydrogens (tertiary/aromatic N) is 1. The minimum atomic E-state index is -1.08. The normalized spacial score (nSPS) is 12.3. The Balaban J connectivity index is 2.20. The Kier molecular flexibility index (Phi) is 4.26. The van der Waals surface area contributed by atoms with Gasteiger partial charge in [-0.05, 0) is 5.56 Å². The number of thiazole rings is 1. The minimum Gasteiger partial charge on any atom is -0.480 e. The van der Waals surface area contributed by atoms with Crippen molar-refractivity contribution < 1.29 is 14.6 Å². The summed E-state index contributed by atoms with van der Waals surface area (Å²) in [5.74, 6) is -1.08. The Labute approximate surface area is 114 Å². The monoisotopic (exact) mass is 278 g/mol. The third-order valence-corrected chi connectivity index (χ3v) is 3.53. The summed E-state index contributed by atoms with van der Waals surface area (Å²) in [6.07, 6.45) is 0. The third-order valence-electron chi connectivity index (χ3n) is 2.62. The van der Waals surface area contributed by atoms with E-state index in [0.717, 1.165) is 16.1 Å². The number of carbonyl (C=O) groups is 1. The Bertz CT molecular complexity index is 566. The van der Waals surface area contributed by atoms with Gasteiger partial charge in [0.2, 0.25) is 0 Å². The highest BCUT2D eigenvalue weighted by atomic mass is 32.1. The molecule has 0 aliphatic heterocycles. The molecule has 1 aromatic heterocycles. The van der Waals surface area contributed by atoms with E-state index in [4.69, 9.17) is 15.6 Å². The molecule has 1 aromatic carbocycles. The zero-order valence-corrected chi connectivity index (χ0v) is 11.2. The average Bonchev–Trinajstić information content (AvgIpc) is 2.88. The maximum atomic E-state index is 10.8. The van der Waals surface area contributed by atoms with Crippen molar-refractivity contribution in [3.05, 3.63) is 40.9 Å². The highest BCUT2D eigenvalue weighted by Gasteiger charge is 2.17. The summed E-state index contributed by atoms with van der Waals surface area (Å²) in [6.45, 7) is 0.563. The lowest BCUT2D eigenvalue weighted by atomic mass is 10.1. The number of nitrogens with two attached hydrogens (primary N) is 1. The second-order valence-electron chi connectivity index (χ2n) is 4.02. The van der Waals surface area contributed by atoms with Crippen LogP contribution in [-0.2, 0) is 16.1 Å². The summed E-state index contributed by atoms with van der Waals surface area (Å²) >= 11 is 1.38. The molecule has 0 saturated heterocycles. The van der Waals surface area contributed by atoms with Crippen molar-refractivity contribution >= 4 is 17.3 Å². The van der Waals surface area contributed by atoms with Gasteiger partial charge in [-0.2, -0.15) is 0 Å². The summed E-state index contributed by atoms with van der Waals surface area (Å²) in [6, 6.07) is 6.71. The number of aliphatic carboxylic acids is 1. The van der Waals surface area contributed by atoms with E-state index in [0.29, 0.717) is 12.3 Å². The van der Waals surface area contributed by atoms with Gasteiger partial charge < -0.3 is 15.6 Å². The van der Waals surface area contributed by atoms with Gasteiger partial charge in [0.15, 0.2) is 0 Å². The number of methoxy groups -OCH3 is 1. The van der Waals surface area contributed by atoms with Crippen molar-refractivity contribution in [1.82, 2.24) is 4.98 Å². The van der Waals surface area contributed by atoms with E-state index in [1.165, 1.54) is 11.3 Å². The van der Waals surface area contributed by atoms with Crippen LogP contribution in [0, 0.1) is 0 Å². The van der Waals surface area contributed by atoms with E-state index in [2.05, 4.69) is 4.98 Å². The van der Waals surface area contributed by atoms with Crippen molar-refractivity contribution in [2.75, 3.05) is 7.11 Å². The lowest BCUT2D eigenvalue weighted by Crippen LogP contribution is -2.20. The number of rotatable bonds is 5. The largest absolute Gasteiger partial charge is 0.480 e. The molecule has 2 rings (SSSR count). The fourth-order valence-electron chi connectivity index (χ4n) is 1.60. The summed E-state index contributed by atoms with van der Waals surface area (Å²) in [5, 5.41) is 11.3. The molecule has 0 bridgehead atoms. The van der Waals surface area contributed by atoms with E-state index < -0.39 is 12.0 Å². The van der Waals surface area contributed by atoms with E-state index in [1.807, 2.05) is 24.3 Å². The quantitative estimate of drug-likeness (QED) is 0.874. The molecular formula is C13H14N2O3S. The van der Waals surface area contributed by atoms with E-state index in [-0.39, 0.29) is 0 Å². The molecule has 0 amide bonds. The van der Waals surface area contributed by atoms with Crippen LogP contribution < -0.4 is 5.73 Å². The molecule has 1 unspecified atom stereocenters. The predicted molar refractivity (Wildman–Crippen MR) is 72.8 cm³/mol. The number of hydrogen-bond acceptors (Lipinski definition) is 5. The fourth-order valence-corrected chi connectivity index (χ4v) is 2.46. The predicted octanol–water partition coefficient (Wildman–Crippen LogP) is 2.04. The first-order chi connectivity index (χ1) is 9.11. The molecule has 0 fully saturated rings. The SMILES string of the molecule is COCc1ccc(-c2nc(C(N)C(=O)O)cs2)cc1. The standard InChI is InChI=1S/C13H14N2O3S/c1-18-6-8-2-4-9(5-3-8)12-15-10(7-19-12)11(14)13(16)17/h2-5,7,11H,6,14H2,1H3,(H,16,17). The Hall–Kier alpha value is -1.76. The molecule has 2 aromatic rings. The summed E-state index contributed by atoms with van der Waals surface area (Å²) < 4.78 is 5.04. The molecule has 5 nitrogen and oxygen atoms in total. The molecule has 100 valence electrons. The van der Waals surface area contributed by atoms with Crippen LogP contribution in [0.25, 0.3) is 10.6 Å². The van der Waals surface area contributed by atoms with Gasteiger partial charge in [0.05, 0.1) is 12.3 Å². The number of hydrogen-bond donors (Lipinski definition) is 2. The van der Waals surface area contributed by atoms with Crippen LogP contribution in [0.2, 0.25) is 0 Å². The molecule has 6 heteroatoms. The average molecular weight is 278 g/mol. The molecule has 1 heterocycles. The Morgan fingerprint density at radius 1 is 1.47 bits per heavy atom. The van der Waals surface area contributed by atoms with Gasteiger partial charge in [0.1, 0.15) is 11.0 Å². The van der Waals surface area contributed by atoms with Crippen LogP contribution in [0.1, 0.15) is 17.3 Å². The van der Waals surface area contributed by atoms with Gasteiger partial charge in [0.25, 0.3) is 0 Å². The van der Waals surface area contributed by atoms with E-state index in [9.17, 15) is 4.79 Å². The fraction of sp³-hybridized carbons (Fsp3) is 0.231. The van der Waals surface area contributed by atoms with Crippen LogP contribution in [0.5, 0.6) is 0 Å². The van der Waals surface area contributed by atoms with Crippen LogP contribution >= 0.6 is 11.3 Å². The highest BCUT2D eigenvalue weighted by Crippen LogP contribution is 2.26. The molecule has 0 saturated carbocycles. The highest BCUT2D eigenvalue weighted by molar-refractivity contribution is 7.13. The Morgan fingerprint density at radius 2 is 2.16 bits per heavy atom. The lowest BCUT2D eigenvalue weighted by molar-refractivity contribution is -0.138. The topological polar surface area (TPSA) is 85.4 Å². The molecule has 3 N–H and O–H groups in total. The first-order valence-corrected chi connectivity index (χ1v) is 6.52. The maximum absolute atomic E-state index is 10.8. The number of carboxylic acid groups (broad SMARTS) is 1. The zero-order chi connectivity index (χ0) is 13.8. The summed E-state index contributed by atoms with van der Waals surface area (Å²) in [4.78, 5) is 15.0. The van der Waals surface area contributed by atoms with Gasteiger partial charge >= 0.3 is 5.97 Å². The molecule has 0 aliphatic carbocycles. The molecule has 0 radical (unpaired) electrons. The van der Waals surface area contributed by atoms with Crippen LogP contribution in [0.4, 0.5) is 0 Å². The van der Waals surface area contributed by atoms with Crippen molar-refractivity contribution in [3.63, 3.8) is 0 Å². The summed E-state index contributed by atoms with van der Waals surface area (Å²) in [5.41, 5.74) is 7.92. The second kappa shape index (κ2) is 5.92. The van der Waals surface area contributed by atoms with Crippen LogP contribution in [0.15, 0.2) is 29.6 Å². The lowest BCUT2D eigenvalue weighted by Gasteiger charge is -2.02. The van der Waals surface area contributed by atoms with Gasteiger partial charge in [-0.25, -0.2) is 4.98 Å². The van der Waals surface area contributed by atoms with Crippen molar-refractivity contribution in [3.8, 4) is 10.6 Å². The third kappa shape index (κ3) is 3.17. The number of ether oxygens (including phenoxy) is 1. The van der Waals surface area contributed by atoms with Crippen molar-refractivity contribution in [2.45, 2.75) is 12.6 Å². The van der Waals surface area contributed by atoms with E-state index in [1.54, 1.807) is 12.5 Å². The molecule has 1 atom stereocenters. The van der Waals surface area contributed by atoms with Crippen molar-refractivity contribution in [2.24, 2.45) is 5.73 Å². The summed E-state index contributed by atoms with van der Waals surface area (Å²) in [7, 11) is 1.65. The number of benzene rings is 1. The molecule has 19 heavy (non-hydrogen) atoms.